The molecule has 0 fully saturated rings. The summed E-state index contributed by atoms with van der Waals surface area (Å²) in [6, 6.07) is 18.9. The summed E-state index contributed by atoms with van der Waals surface area (Å²) in [5.41, 5.74) is 0.614. The molecule has 0 heterocycles. The molecular weight excluding hydrogens is 428 g/mol. The van der Waals surface area contributed by atoms with E-state index in [0.29, 0.717) is 5.56 Å². The van der Waals surface area contributed by atoms with E-state index in [9.17, 15) is 19.2 Å². The second-order valence-electron chi connectivity index (χ2n) is 6.82. The molecule has 8 heteroatoms. The molecule has 3 rings (SSSR count). The molecule has 0 N–H and O–H groups in total. The van der Waals surface area contributed by atoms with Gasteiger partial charge in [0.1, 0.15) is 17.1 Å². The van der Waals surface area contributed by atoms with Crippen LogP contribution in [0.4, 0.5) is 0 Å². The van der Waals surface area contributed by atoms with Gasteiger partial charge in [0.15, 0.2) is 11.5 Å². The van der Waals surface area contributed by atoms with Gasteiger partial charge in [-0.3, -0.25) is 14.4 Å². The van der Waals surface area contributed by atoms with E-state index in [0.717, 1.165) is 0 Å². The van der Waals surface area contributed by atoms with Crippen LogP contribution in [0.5, 0.6) is 23.0 Å². The summed E-state index contributed by atoms with van der Waals surface area (Å²) in [5, 5.41) is 0. The molecule has 0 amide bonds. The summed E-state index contributed by atoms with van der Waals surface area (Å²) in [7, 11) is 0. The van der Waals surface area contributed by atoms with Crippen LogP contribution < -0.4 is 18.9 Å². The third-order valence-electron chi connectivity index (χ3n) is 4.14. The minimum atomic E-state index is -0.720. The summed E-state index contributed by atoms with van der Waals surface area (Å²) < 4.78 is 20.8. The minimum Gasteiger partial charge on any atom is -0.426 e. The first-order valence-corrected chi connectivity index (χ1v) is 9.88. The molecule has 3 aromatic carbocycles. The molecule has 0 spiro atoms. The van der Waals surface area contributed by atoms with Gasteiger partial charge in [0.05, 0.1) is 6.42 Å². The van der Waals surface area contributed by atoms with E-state index in [1.165, 1.54) is 44.2 Å². The first-order valence-electron chi connectivity index (χ1n) is 9.88. The maximum atomic E-state index is 12.6. The molecule has 0 atom stereocenters. The van der Waals surface area contributed by atoms with Crippen molar-refractivity contribution in [1.82, 2.24) is 0 Å². The van der Waals surface area contributed by atoms with Gasteiger partial charge in [-0.1, -0.05) is 36.4 Å². The Morgan fingerprint density at radius 1 is 0.636 bits per heavy atom. The molecule has 0 bridgehead atoms. The molecule has 0 aromatic heterocycles. The van der Waals surface area contributed by atoms with Gasteiger partial charge in [0.2, 0.25) is 0 Å². The average molecular weight is 448 g/mol. The molecule has 3 aromatic rings. The van der Waals surface area contributed by atoms with Gasteiger partial charge >= 0.3 is 23.9 Å². The molecule has 0 saturated carbocycles. The SMILES string of the molecule is CC(=O)Oc1ccccc1OC(=O)Cc1cccc(OC(=O)c2ccccc2OC(C)=O)c1. The lowest BCUT2D eigenvalue weighted by atomic mass is 10.1. The second-order valence-corrected chi connectivity index (χ2v) is 6.82. The van der Waals surface area contributed by atoms with Crippen LogP contribution in [0, 0.1) is 0 Å². The van der Waals surface area contributed by atoms with Crippen molar-refractivity contribution in [1.29, 1.82) is 0 Å². The fourth-order valence-electron chi connectivity index (χ4n) is 2.86. The number of carbonyl (C=O) groups excluding carboxylic acids is 4. The van der Waals surface area contributed by atoms with Gasteiger partial charge < -0.3 is 18.9 Å². The van der Waals surface area contributed by atoms with Crippen molar-refractivity contribution in [2.75, 3.05) is 0 Å². The van der Waals surface area contributed by atoms with E-state index in [2.05, 4.69) is 0 Å². The summed E-state index contributed by atoms with van der Waals surface area (Å²) in [6.45, 7) is 2.48. The van der Waals surface area contributed by atoms with Gasteiger partial charge in [-0.2, -0.15) is 0 Å². The van der Waals surface area contributed by atoms with Crippen LogP contribution >= 0.6 is 0 Å². The van der Waals surface area contributed by atoms with Crippen molar-refractivity contribution in [2.24, 2.45) is 0 Å². The van der Waals surface area contributed by atoms with E-state index in [1.54, 1.807) is 42.5 Å². The monoisotopic (exact) mass is 448 g/mol. The van der Waals surface area contributed by atoms with Gasteiger partial charge in [0, 0.05) is 13.8 Å². The van der Waals surface area contributed by atoms with Crippen molar-refractivity contribution >= 4 is 23.9 Å². The quantitative estimate of drug-likeness (QED) is 0.396. The molecule has 0 aliphatic heterocycles. The number of ether oxygens (including phenoxy) is 4. The average Bonchev–Trinajstić information content (AvgIpc) is 2.75. The van der Waals surface area contributed by atoms with Crippen molar-refractivity contribution in [2.45, 2.75) is 20.3 Å². The lowest BCUT2D eigenvalue weighted by Gasteiger charge is -2.11. The molecule has 0 saturated heterocycles. The Kier molecular flexibility index (Phi) is 7.54. The van der Waals surface area contributed by atoms with Gasteiger partial charge in [-0.25, -0.2) is 4.79 Å². The molecular formula is C25H20O8. The van der Waals surface area contributed by atoms with E-state index >= 15 is 0 Å². The number of para-hydroxylation sites is 3. The number of hydrogen-bond donors (Lipinski definition) is 0. The van der Waals surface area contributed by atoms with Gasteiger partial charge in [-0.05, 0) is 42.0 Å². The largest absolute Gasteiger partial charge is 0.426 e. The van der Waals surface area contributed by atoms with E-state index in [4.69, 9.17) is 18.9 Å². The van der Waals surface area contributed by atoms with Gasteiger partial charge in [0.25, 0.3) is 0 Å². The number of benzene rings is 3. The van der Waals surface area contributed by atoms with E-state index in [-0.39, 0.29) is 35.0 Å². The Morgan fingerprint density at radius 3 is 1.88 bits per heavy atom. The zero-order valence-electron chi connectivity index (χ0n) is 17.9. The lowest BCUT2D eigenvalue weighted by Crippen LogP contribution is -2.14. The van der Waals surface area contributed by atoms with Crippen molar-refractivity contribution in [3.63, 3.8) is 0 Å². The molecule has 0 aliphatic carbocycles. The van der Waals surface area contributed by atoms with Crippen LogP contribution in [-0.2, 0) is 20.8 Å². The smallest absolute Gasteiger partial charge is 0.347 e. The highest BCUT2D eigenvalue weighted by molar-refractivity contribution is 5.94. The highest BCUT2D eigenvalue weighted by Gasteiger charge is 2.17. The molecule has 8 nitrogen and oxygen atoms in total. The van der Waals surface area contributed by atoms with Crippen LogP contribution in [-0.4, -0.2) is 23.9 Å². The third kappa shape index (κ3) is 6.76. The standard InChI is InChI=1S/C25H20O8/c1-16(26)30-21-11-4-3-10-20(21)25(29)32-19-9-7-8-18(14-19)15-24(28)33-23-13-6-5-12-22(23)31-17(2)27/h3-14H,15H2,1-2H3. The van der Waals surface area contributed by atoms with Crippen molar-refractivity contribution in [3.05, 3.63) is 83.9 Å². The minimum absolute atomic E-state index is 0.0830. The first kappa shape index (κ1) is 23.2. The van der Waals surface area contributed by atoms with E-state index in [1.807, 2.05) is 0 Å². The molecule has 0 aliphatic rings. The van der Waals surface area contributed by atoms with E-state index < -0.39 is 23.9 Å². The van der Waals surface area contributed by atoms with Crippen LogP contribution in [0.3, 0.4) is 0 Å². The summed E-state index contributed by atoms with van der Waals surface area (Å²) in [5.74, 6) is -1.89. The second kappa shape index (κ2) is 10.7. The lowest BCUT2D eigenvalue weighted by molar-refractivity contribution is -0.135. The third-order valence-corrected chi connectivity index (χ3v) is 4.14. The highest BCUT2D eigenvalue weighted by atomic mass is 16.6. The normalized spacial score (nSPS) is 10.1. The maximum absolute atomic E-state index is 12.6. The zero-order chi connectivity index (χ0) is 23.8. The number of rotatable bonds is 7. The topological polar surface area (TPSA) is 105 Å². The van der Waals surface area contributed by atoms with Gasteiger partial charge in [-0.15, -0.1) is 0 Å². The summed E-state index contributed by atoms with van der Waals surface area (Å²) in [4.78, 5) is 47.4. The zero-order valence-corrected chi connectivity index (χ0v) is 17.9. The van der Waals surface area contributed by atoms with Crippen LogP contribution in [0.15, 0.2) is 72.8 Å². The van der Waals surface area contributed by atoms with Crippen molar-refractivity contribution < 1.29 is 38.1 Å². The predicted molar refractivity (Wildman–Crippen MR) is 116 cm³/mol. The Hall–Kier alpha value is -4.46. The summed E-state index contributed by atoms with van der Waals surface area (Å²) in [6.07, 6.45) is -0.121. The Morgan fingerprint density at radius 2 is 1.21 bits per heavy atom. The van der Waals surface area contributed by atoms with Crippen molar-refractivity contribution in [3.8, 4) is 23.0 Å². The predicted octanol–water partition coefficient (Wildman–Crippen LogP) is 3.90. The maximum Gasteiger partial charge on any atom is 0.347 e. The van der Waals surface area contributed by atoms with Crippen LogP contribution in [0.2, 0.25) is 0 Å². The fraction of sp³-hybridized carbons (Fsp3) is 0.120. The fourth-order valence-corrected chi connectivity index (χ4v) is 2.86. The number of carbonyl (C=O) groups is 4. The first-order chi connectivity index (χ1) is 15.8. The summed E-state index contributed by atoms with van der Waals surface area (Å²) >= 11 is 0. The highest BCUT2D eigenvalue weighted by Crippen LogP contribution is 2.27. The Balaban J connectivity index is 1.68. The number of hydrogen-bond acceptors (Lipinski definition) is 8. The molecule has 33 heavy (non-hydrogen) atoms. The van der Waals surface area contributed by atoms with Crippen LogP contribution in [0.25, 0.3) is 0 Å². The van der Waals surface area contributed by atoms with Crippen LogP contribution in [0.1, 0.15) is 29.8 Å². The molecule has 0 radical (unpaired) electrons. The molecule has 168 valence electrons. The molecule has 0 unspecified atom stereocenters. The number of esters is 4. The Labute approximate surface area is 189 Å². The Bertz CT molecular complexity index is 1200.